The molecule has 0 radical (unpaired) electrons. The standard InChI is InChI=1S/C20H23N5O/c1-14(25-5-3-4-6-25)20(26)9-18-7-15-8-19(17-12-23-24(2)13-17)22-11-16(15)10-21-18/h7-8,10-14H,3-6,9H2,1-2H3/t14-/m0/s1/i2D3. The summed E-state index contributed by atoms with van der Waals surface area (Å²) in [5.74, 6) is 0.173. The van der Waals surface area contributed by atoms with Gasteiger partial charge in [0, 0.05) is 46.3 Å². The minimum atomic E-state index is -2.32. The van der Waals surface area contributed by atoms with Crippen LogP contribution >= 0.6 is 0 Å². The first kappa shape index (κ1) is 13.6. The second kappa shape index (κ2) is 6.96. The molecule has 26 heavy (non-hydrogen) atoms. The maximum atomic E-state index is 12.7. The first-order valence-corrected chi connectivity index (χ1v) is 8.88. The van der Waals surface area contributed by atoms with Gasteiger partial charge in [0.2, 0.25) is 0 Å². The van der Waals surface area contributed by atoms with Gasteiger partial charge in [-0.3, -0.25) is 24.3 Å². The Labute approximate surface area is 157 Å². The third kappa shape index (κ3) is 3.37. The molecule has 6 heteroatoms. The van der Waals surface area contributed by atoms with E-state index in [4.69, 9.17) is 4.11 Å². The van der Waals surface area contributed by atoms with E-state index in [2.05, 4.69) is 20.0 Å². The molecular weight excluding hydrogens is 326 g/mol. The van der Waals surface area contributed by atoms with Gasteiger partial charge in [0.15, 0.2) is 5.78 Å². The number of hydrogen-bond acceptors (Lipinski definition) is 5. The van der Waals surface area contributed by atoms with Gasteiger partial charge in [0.05, 0.1) is 24.4 Å². The highest BCUT2D eigenvalue weighted by Gasteiger charge is 2.24. The molecule has 4 rings (SSSR count). The van der Waals surface area contributed by atoms with E-state index in [9.17, 15) is 4.79 Å². The van der Waals surface area contributed by atoms with Gasteiger partial charge in [-0.25, -0.2) is 0 Å². The summed E-state index contributed by atoms with van der Waals surface area (Å²) in [5.41, 5.74) is 1.98. The van der Waals surface area contributed by atoms with Crippen LogP contribution in [0, 0.1) is 0 Å². The number of fused-ring (bicyclic) bond motifs is 1. The molecule has 0 amide bonds. The number of pyridine rings is 2. The van der Waals surface area contributed by atoms with E-state index in [1.807, 2.05) is 19.1 Å². The molecule has 0 aliphatic carbocycles. The monoisotopic (exact) mass is 352 g/mol. The van der Waals surface area contributed by atoms with Gasteiger partial charge in [-0.15, -0.1) is 0 Å². The second-order valence-electron chi connectivity index (χ2n) is 6.83. The Balaban J connectivity index is 1.56. The van der Waals surface area contributed by atoms with Crippen molar-refractivity contribution < 1.29 is 8.91 Å². The molecular formula is C20H23N5O. The fraction of sp³-hybridized carbons (Fsp3) is 0.400. The van der Waals surface area contributed by atoms with Crippen LogP contribution in [0.5, 0.6) is 0 Å². The van der Waals surface area contributed by atoms with Gasteiger partial charge >= 0.3 is 0 Å². The number of hydrogen-bond donors (Lipinski definition) is 0. The average Bonchev–Trinajstić information content (AvgIpc) is 3.38. The summed E-state index contributed by atoms with van der Waals surface area (Å²) in [7, 11) is 0. The molecule has 134 valence electrons. The predicted octanol–water partition coefficient (Wildman–Crippen LogP) is 2.63. The SMILES string of the molecule is [2H]C([2H])([2H])n1cc(-c2cc3cc(CC(=O)[C@H](C)N4CCCC4)ncc3cn2)cn1. The molecule has 1 fully saturated rings. The lowest BCUT2D eigenvalue weighted by Gasteiger charge is -2.22. The second-order valence-corrected chi connectivity index (χ2v) is 6.83. The van der Waals surface area contributed by atoms with E-state index in [0.717, 1.165) is 47.1 Å². The van der Waals surface area contributed by atoms with Gasteiger partial charge in [0.25, 0.3) is 0 Å². The Bertz CT molecular complexity index is 1040. The van der Waals surface area contributed by atoms with Crippen molar-refractivity contribution in [2.24, 2.45) is 6.98 Å². The van der Waals surface area contributed by atoms with Gasteiger partial charge in [-0.2, -0.15) is 5.10 Å². The summed E-state index contributed by atoms with van der Waals surface area (Å²) in [6, 6.07) is 3.69. The minimum absolute atomic E-state index is 0.0891. The molecule has 4 heterocycles. The number of nitrogens with zero attached hydrogens (tertiary/aromatic N) is 5. The summed E-state index contributed by atoms with van der Waals surface area (Å²) in [5, 5.41) is 5.68. The fourth-order valence-corrected chi connectivity index (χ4v) is 3.45. The molecule has 3 aromatic heterocycles. The highest BCUT2D eigenvalue weighted by Crippen LogP contribution is 2.22. The Morgan fingerprint density at radius 3 is 2.77 bits per heavy atom. The quantitative estimate of drug-likeness (QED) is 0.706. The van der Waals surface area contributed by atoms with Crippen molar-refractivity contribution in [3.8, 4) is 11.3 Å². The summed E-state index contributed by atoms with van der Waals surface area (Å²) in [6.45, 7) is 1.62. The van der Waals surface area contributed by atoms with Crippen LogP contribution in [0.25, 0.3) is 22.0 Å². The summed E-state index contributed by atoms with van der Waals surface area (Å²) >= 11 is 0. The minimum Gasteiger partial charge on any atom is -0.298 e. The number of aryl methyl sites for hydroxylation is 1. The highest BCUT2D eigenvalue weighted by molar-refractivity contribution is 5.88. The van der Waals surface area contributed by atoms with Crippen molar-refractivity contribution >= 4 is 16.6 Å². The van der Waals surface area contributed by atoms with Crippen LogP contribution in [-0.4, -0.2) is 49.6 Å². The van der Waals surface area contributed by atoms with Gasteiger partial charge in [-0.05, 0) is 50.4 Å². The molecule has 0 spiro atoms. The third-order valence-electron chi connectivity index (χ3n) is 5.05. The van der Waals surface area contributed by atoms with Crippen LogP contribution in [0.2, 0.25) is 0 Å². The van der Waals surface area contributed by atoms with Gasteiger partial charge < -0.3 is 0 Å². The van der Waals surface area contributed by atoms with E-state index in [0.29, 0.717) is 17.7 Å². The molecule has 1 aliphatic heterocycles. The molecule has 0 aromatic carbocycles. The lowest BCUT2D eigenvalue weighted by molar-refractivity contribution is -0.122. The van der Waals surface area contributed by atoms with Crippen molar-refractivity contribution in [3.63, 3.8) is 0 Å². The molecule has 3 aromatic rings. The molecule has 0 unspecified atom stereocenters. The fourth-order valence-electron chi connectivity index (χ4n) is 3.45. The van der Waals surface area contributed by atoms with E-state index >= 15 is 0 Å². The summed E-state index contributed by atoms with van der Waals surface area (Å²) in [4.78, 5) is 23.7. The first-order chi connectivity index (χ1) is 13.8. The highest BCUT2D eigenvalue weighted by atomic mass is 16.1. The average molecular weight is 352 g/mol. The number of ketones is 1. The van der Waals surface area contributed by atoms with Crippen molar-refractivity contribution in [2.45, 2.75) is 32.2 Å². The van der Waals surface area contributed by atoms with Crippen molar-refractivity contribution in [3.05, 3.63) is 42.6 Å². The predicted molar refractivity (Wildman–Crippen MR) is 101 cm³/mol. The van der Waals surface area contributed by atoms with Gasteiger partial charge in [-0.1, -0.05) is 0 Å². The molecule has 0 N–H and O–H groups in total. The lowest BCUT2D eigenvalue weighted by Crippen LogP contribution is -2.37. The smallest absolute Gasteiger partial charge is 0.155 e. The van der Waals surface area contributed by atoms with E-state index in [1.54, 1.807) is 12.4 Å². The Hall–Kier alpha value is -2.60. The zero-order valence-corrected chi connectivity index (χ0v) is 14.7. The number of Topliss-reactive ketones (excluding diaryl/α,β-unsaturated/α-hetero) is 1. The summed E-state index contributed by atoms with van der Waals surface area (Å²) < 4.78 is 23.3. The van der Waals surface area contributed by atoms with Crippen molar-refractivity contribution in [1.29, 1.82) is 0 Å². The topological polar surface area (TPSA) is 63.9 Å². The zero-order valence-electron chi connectivity index (χ0n) is 17.7. The molecule has 6 nitrogen and oxygen atoms in total. The summed E-state index contributed by atoms with van der Waals surface area (Å²) in [6.07, 6.45) is 8.97. The van der Waals surface area contributed by atoms with Crippen LogP contribution in [-0.2, 0) is 18.2 Å². The van der Waals surface area contributed by atoms with Crippen LogP contribution in [0.15, 0.2) is 36.9 Å². The molecule has 0 bridgehead atoms. The molecule has 1 aliphatic rings. The maximum Gasteiger partial charge on any atom is 0.155 e. The van der Waals surface area contributed by atoms with E-state index < -0.39 is 6.98 Å². The Kier molecular flexibility index (Phi) is 3.63. The number of carbonyl (C=O) groups is 1. The van der Waals surface area contributed by atoms with Gasteiger partial charge in [0.1, 0.15) is 0 Å². The van der Waals surface area contributed by atoms with Crippen molar-refractivity contribution in [2.75, 3.05) is 13.1 Å². The van der Waals surface area contributed by atoms with E-state index in [-0.39, 0.29) is 11.8 Å². The Morgan fingerprint density at radius 1 is 1.19 bits per heavy atom. The van der Waals surface area contributed by atoms with Crippen LogP contribution in [0.3, 0.4) is 0 Å². The number of carbonyl (C=O) groups excluding carboxylic acids is 1. The molecule has 0 saturated carbocycles. The number of aromatic nitrogens is 4. The van der Waals surface area contributed by atoms with Crippen molar-refractivity contribution in [1.82, 2.24) is 24.6 Å². The van der Waals surface area contributed by atoms with Crippen LogP contribution in [0.4, 0.5) is 0 Å². The normalized spacial score (nSPS) is 18.4. The first-order valence-electron chi connectivity index (χ1n) is 10.4. The zero-order chi connectivity index (χ0) is 20.6. The molecule has 1 atom stereocenters. The lowest BCUT2D eigenvalue weighted by atomic mass is 10.1. The third-order valence-corrected chi connectivity index (χ3v) is 5.05. The van der Waals surface area contributed by atoms with Crippen LogP contribution in [0.1, 0.15) is 29.6 Å². The number of likely N-dealkylation sites (tertiary alicyclic amines) is 1. The molecule has 1 saturated heterocycles. The Morgan fingerprint density at radius 2 is 2.00 bits per heavy atom. The van der Waals surface area contributed by atoms with E-state index in [1.165, 1.54) is 12.4 Å². The number of rotatable bonds is 5. The van der Waals surface area contributed by atoms with Crippen LogP contribution < -0.4 is 0 Å². The maximum absolute atomic E-state index is 12.7. The largest absolute Gasteiger partial charge is 0.298 e.